The van der Waals surface area contributed by atoms with E-state index >= 15 is 0 Å². The number of piperidine rings is 1. The summed E-state index contributed by atoms with van der Waals surface area (Å²) in [6.07, 6.45) is 1.64. The Labute approximate surface area is 180 Å². The van der Waals surface area contributed by atoms with E-state index in [0.717, 1.165) is 71.3 Å². The largest absolute Gasteiger partial charge is 0.466 e. The van der Waals surface area contributed by atoms with E-state index in [2.05, 4.69) is 46.3 Å². The molecule has 166 valence electrons. The van der Waals surface area contributed by atoms with E-state index in [0.29, 0.717) is 13.2 Å². The quantitative estimate of drug-likeness (QED) is 0.418. The minimum Gasteiger partial charge on any atom is -0.466 e. The second-order valence-electron chi connectivity index (χ2n) is 7.89. The van der Waals surface area contributed by atoms with Gasteiger partial charge < -0.3 is 19.7 Å². The summed E-state index contributed by atoms with van der Waals surface area (Å²) in [6.45, 7) is 12.2. The van der Waals surface area contributed by atoms with Crippen LogP contribution in [-0.2, 0) is 27.4 Å². The van der Waals surface area contributed by atoms with Crippen LogP contribution in [0.5, 0.6) is 0 Å². The number of carbonyl (C=O) groups is 1. The van der Waals surface area contributed by atoms with Crippen LogP contribution in [0.2, 0.25) is 0 Å². The van der Waals surface area contributed by atoms with Crippen LogP contribution in [0.3, 0.4) is 0 Å². The van der Waals surface area contributed by atoms with E-state index in [-0.39, 0.29) is 11.9 Å². The van der Waals surface area contributed by atoms with Crippen LogP contribution in [0.1, 0.15) is 37.8 Å². The van der Waals surface area contributed by atoms with Gasteiger partial charge >= 0.3 is 5.97 Å². The molecule has 0 unspecified atom stereocenters. The summed E-state index contributed by atoms with van der Waals surface area (Å²) in [4.78, 5) is 21.5. The molecular weight excluding hydrogens is 380 g/mol. The molecule has 3 rings (SSSR count). The SMILES string of the molecule is CCNC(=NCc1ccc(CN2CCOCC2)cc1)N1CCC(C(=O)OCC)CC1. The molecule has 0 amide bonds. The van der Waals surface area contributed by atoms with Crippen molar-refractivity contribution < 1.29 is 14.3 Å². The number of nitrogens with one attached hydrogen (secondary N) is 1. The van der Waals surface area contributed by atoms with E-state index in [1.54, 1.807) is 0 Å². The number of carbonyl (C=O) groups excluding carboxylic acids is 1. The number of esters is 1. The van der Waals surface area contributed by atoms with Crippen LogP contribution < -0.4 is 5.32 Å². The lowest BCUT2D eigenvalue weighted by Crippen LogP contribution is -2.46. The highest BCUT2D eigenvalue weighted by Crippen LogP contribution is 2.19. The molecule has 0 saturated carbocycles. The second-order valence-corrected chi connectivity index (χ2v) is 7.89. The van der Waals surface area contributed by atoms with Gasteiger partial charge in [-0.3, -0.25) is 9.69 Å². The average molecular weight is 417 g/mol. The van der Waals surface area contributed by atoms with Gasteiger partial charge in [-0.2, -0.15) is 0 Å². The molecule has 0 atom stereocenters. The molecule has 7 nitrogen and oxygen atoms in total. The van der Waals surface area contributed by atoms with Gasteiger partial charge in [0.05, 0.1) is 32.3 Å². The normalized spacial score (nSPS) is 19.0. The van der Waals surface area contributed by atoms with Gasteiger partial charge in [0, 0.05) is 39.3 Å². The van der Waals surface area contributed by atoms with E-state index in [9.17, 15) is 4.79 Å². The summed E-state index contributed by atoms with van der Waals surface area (Å²) >= 11 is 0. The number of morpholine rings is 1. The lowest BCUT2D eigenvalue weighted by Gasteiger charge is -2.33. The fraction of sp³-hybridized carbons (Fsp3) is 0.652. The highest BCUT2D eigenvalue weighted by Gasteiger charge is 2.27. The minimum atomic E-state index is -0.0590. The van der Waals surface area contributed by atoms with Crippen molar-refractivity contribution in [3.8, 4) is 0 Å². The number of hydrogen-bond acceptors (Lipinski definition) is 5. The molecule has 0 aromatic heterocycles. The first-order chi connectivity index (χ1) is 14.7. The van der Waals surface area contributed by atoms with Crippen molar-refractivity contribution in [3.63, 3.8) is 0 Å². The number of guanidine groups is 1. The number of nitrogens with zero attached hydrogens (tertiary/aromatic N) is 3. The summed E-state index contributed by atoms with van der Waals surface area (Å²) < 4.78 is 10.6. The predicted molar refractivity (Wildman–Crippen MR) is 118 cm³/mol. The van der Waals surface area contributed by atoms with Crippen LogP contribution >= 0.6 is 0 Å². The smallest absolute Gasteiger partial charge is 0.309 e. The zero-order valence-corrected chi connectivity index (χ0v) is 18.4. The number of likely N-dealkylation sites (tertiary alicyclic amines) is 1. The Morgan fingerprint density at radius 3 is 2.40 bits per heavy atom. The fourth-order valence-corrected chi connectivity index (χ4v) is 3.95. The van der Waals surface area contributed by atoms with Crippen molar-refractivity contribution in [3.05, 3.63) is 35.4 Å². The standard InChI is InChI=1S/C23H36N4O3/c1-3-24-23(27-11-9-21(10-12-27)22(28)30-4-2)25-17-19-5-7-20(8-6-19)18-26-13-15-29-16-14-26/h5-8,21H,3-4,9-18H2,1-2H3,(H,24,25). The van der Waals surface area contributed by atoms with Crippen LogP contribution in [0.15, 0.2) is 29.3 Å². The van der Waals surface area contributed by atoms with E-state index < -0.39 is 0 Å². The molecular formula is C23H36N4O3. The molecule has 30 heavy (non-hydrogen) atoms. The average Bonchev–Trinajstić information content (AvgIpc) is 2.79. The summed E-state index contributed by atoms with van der Waals surface area (Å²) in [5.74, 6) is 0.886. The maximum atomic E-state index is 12.0. The van der Waals surface area contributed by atoms with E-state index in [4.69, 9.17) is 14.5 Å². The molecule has 0 spiro atoms. The zero-order valence-electron chi connectivity index (χ0n) is 18.4. The summed E-state index contributed by atoms with van der Waals surface area (Å²) in [7, 11) is 0. The third-order valence-corrected chi connectivity index (χ3v) is 5.69. The first-order valence-corrected chi connectivity index (χ1v) is 11.3. The topological polar surface area (TPSA) is 66.4 Å². The third-order valence-electron chi connectivity index (χ3n) is 5.69. The van der Waals surface area contributed by atoms with Gasteiger partial charge in [-0.15, -0.1) is 0 Å². The van der Waals surface area contributed by atoms with Gasteiger partial charge in [0.15, 0.2) is 5.96 Å². The second kappa shape index (κ2) is 11.9. The molecule has 2 aliphatic heterocycles. The van der Waals surface area contributed by atoms with Gasteiger partial charge in [-0.1, -0.05) is 24.3 Å². The Morgan fingerprint density at radius 2 is 1.77 bits per heavy atom. The Balaban J connectivity index is 1.52. The molecule has 1 aromatic carbocycles. The Morgan fingerprint density at radius 1 is 1.10 bits per heavy atom. The minimum absolute atomic E-state index is 0.0167. The van der Waals surface area contributed by atoms with Gasteiger partial charge in [0.25, 0.3) is 0 Å². The fourth-order valence-electron chi connectivity index (χ4n) is 3.95. The molecule has 7 heteroatoms. The lowest BCUT2D eigenvalue weighted by atomic mass is 9.97. The van der Waals surface area contributed by atoms with Gasteiger partial charge in [-0.05, 0) is 37.8 Å². The van der Waals surface area contributed by atoms with Crippen molar-refractivity contribution in [2.45, 2.75) is 39.8 Å². The van der Waals surface area contributed by atoms with E-state index in [1.807, 2.05) is 6.92 Å². The van der Waals surface area contributed by atoms with Gasteiger partial charge in [0.2, 0.25) is 0 Å². The van der Waals surface area contributed by atoms with Crippen molar-refractivity contribution in [1.29, 1.82) is 0 Å². The number of hydrogen-bond donors (Lipinski definition) is 1. The molecule has 2 saturated heterocycles. The summed E-state index contributed by atoms with van der Waals surface area (Å²) in [5, 5.41) is 3.40. The molecule has 0 aliphatic carbocycles. The molecule has 2 fully saturated rings. The Kier molecular flexibility index (Phi) is 8.96. The number of ether oxygens (including phenoxy) is 2. The Hall–Kier alpha value is -2.12. The maximum Gasteiger partial charge on any atom is 0.309 e. The molecule has 0 radical (unpaired) electrons. The lowest BCUT2D eigenvalue weighted by molar-refractivity contribution is -0.149. The molecule has 0 bridgehead atoms. The molecule has 2 aliphatic rings. The van der Waals surface area contributed by atoms with Crippen molar-refractivity contribution >= 4 is 11.9 Å². The summed E-state index contributed by atoms with van der Waals surface area (Å²) in [5.41, 5.74) is 2.54. The maximum absolute atomic E-state index is 12.0. The highest BCUT2D eigenvalue weighted by atomic mass is 16.5. The highest BCUT2D eigenvalue weighted by molar-refractivity contribution is 5.80. The Bertz CT molecular complexity index is 678. The summed E-state index contributed by atoms with van der Waals surface area (Å²) in [6, 6.07) is 8.77. The first-order valence-electron chi connectivity index (χ1n) is 11.3. The number of rotatable bonds is 7. The van der Waals surface area contributed by atoms with Crippen molar-refractivity contribution in [1.82, 2.24) is 15.1 Å². The van der Waals surface area contributed by atoms with Gasteiger partial charge in [-0.25, -0.2) is 4.99 Å². The monoisotopic (exact) mass is 416 g/mol. The van der Waals surface area contributed by atoms with Crippen molar-refractivity contribution in [2.24, 2.45) is 10.9 Å². The predicted octanol–water partition coefficient (Wildman–Crippen LogP) is 2.26. The van der Waals surface area contributed by atoms with Crippen LogP contribution in [-0.4, -0.2) is 74.3 Å². The van der Waals surface area contributed by atoms with Crippen LogP contribution in [0, 0.1) is 5.92 Å². The third kappa shape index (κ3) is 6.71. The van der Waals surface area contributed by atoms with Crippen LogP contribution in [0.4, 0.5) is 0 Å². The molecule has 2 heterocycles. The van der Waals surface area contributed by atoms with E-state index in [1.165, 1.54) is 11.1 Å². The number of aliphatic imine (C=N–C) groups is 1. The van der Waals surface area contributed by atoms with Gasteiger partial charge in [0.1, 0.15) is 0 Å². The molecule has 1 aromatic rings. The van der Waals surface area contributed by atoms with Crippen molar-refractivity contribution in [2.75, 3.05) is 52.5 Å². The zero-order chi connectivity index (χ0) is 21.2. The van der Waals surface area contributed by atoms with Crippen LogP contribution in [0.25, 0.3) is 0 Å². The number of benzene rings is 1. The first kappa shape index (κ1) is 22.6. The molecule has 1 N–H and O–H groups in total.